The molecule has 1 aromatic heterocycles. The third-order valence-electron chi connectivity index (χ3n) is 16.1. The Morgan fingerprint density at radius 2 is 0.899 bits per heavy atom. The highest BCUT2D eigenvalue weighted by atomic mass is 79.9. The minimum atomic E-state index is -0.535. The largest absolute Gasteiger partial charge is 0.495 e. The fraction of sp³-hybridized carbons (Fsp3) is 0.270. The average molecular weight is 1110 g/mol. The molecule has 0 amide bonds. The summed E-state index contributed by atoms with van der Waals surface area (Å²) in [6.07, 6.45) is 0. The summed E-state index contributed by atoms with van der Waals surface area (Å²) in [4.78, 5) is 4.86. The fourth-order valence-electron chi connectivity index (χ4n) is 11.1. The minimum Gasteiger partial charge on any atom is -0.495 e. The molecule has 0 unspecified atom stereocenters. The molecule has 0 spiro atoms. The van der Waals surface area contributed by atoms with Gasteiger partial charge >= 0.3 is 0 Å². The number of hydrogen-bond donors (Lipinski definition) is 0. The molecule has 9 aromatic carbocycles. The van der Waals surface area contributed by atoms with E-state index in [0.717, 1.165) is 72.2 Å². The molecule has 5 heteroatoms. The maximum absolute atomic E-state index is 6.38. The monoisotopic (exact) mass is 1100 g/mol. The Hall–Kier alpha value is -7.34. The van der Waals surface area contributed by atoms with Crippen molar-refractivity contribution in [3.05, 3.63) is 238 Å². The molecule has 0 fully saturated rings. The van der Waals surface area contributed by atoms with Crippen LogP contribution < -0.4 is 14.5 Å². The van der Waals surface area contributed by atoms with Gasteiger partial charge in [-0.1, -0.05) is 206 Å². The van der Waals surface area contributed by atoms with E-state index in [9.17, 15) is 0 Å². The third kappa shape index (κ3) is 10.7. The molecule has 0 radical (unpaired) electrons. The molecule has 402 valence electrons. The Morgan fingerprint density at radius 3 is 1.51 bits per heavy atom. The van der Waals surface area contributed by atoms with Gasteiger partial charge in [0.25, 0.3) is 0 Å². The highest BCUT2D eigenvalue weighted by Gasteiger charge is 2.34. The molecule has 0 aliphatic carbocycles. The van der Waals surface area contributed by atoms with Crippen LogP contribution in [0.4, 0.5) is 34.1 Å². The average Bonchev–Trinajstić information content (AvgIpc) is 4.06. The normalized spacial score (nSPS) is 12.6. The molecule has 0 N–H and O–H groups in total. The summed E-state index contributed by atoms with van der Waals surface area (Å²) >= 11 is 4.44. The molecule has 0 atom stereocenters. The molecule has 0 saturated heterocycles. The lowest BCUT2D eigenvalue weighted by atomic mass is 9.75. The molecule has 10 rings (SSSR count). The summed E-state index contributed by atoms with van der Waals surface area (Å²) in [5.74, 6) is 0.785. The number of benzene rings is 9. The van der Waals surface area contributed by atoms with Crippen molar-refractivity contribution in [1.29, 1.82) is 0 Å². The van der Waals surface area contributed by atoms with Crippen LogP contribution in [0.15, 0.2) is 205 Å². The van der Waals surface area contributed by atoms with Crippen LogP contribution in [0.2, 0.25) is 0 Å². The van der Waals surface area contributed by atoms with Crippen LogP contribution in [-0.2, 0) is 27.1 Å². The zero-order valence-corrected chi connectivity index (χ0v) is 50.8. The number of fused-ring (bicyclic) bond motifs is 3. The molecule has 1 heterocycles. The van der Waals surface area contributed by atoms with Crippen molar-refractivity contribution in [2.45, 2.75) is 124 Å². The van der Waals surface area contributed by atoms with Crippen LogP contribution in [-0.4, -0.2) is 11.7 Å². The quantitative estimate of drug-likeness (QED) is 0.129. The zero-order valence-electron chi connectivity index (χ0n) is 49.2. The number of anilines is 6. The van der Waals surface area contributed by atoms with Crippen LogP contribution in [0.25, 0.3) is 38.6 Å². The van der Waals surface area contributed by atoms with E-state index in [1.165, 1.54) is 44.1 Å². The molecule has 0 bridgehead atoms. The molecule has 0 aliphatic heterocycles. The third-order valence-corrected chi connectivity index (χ3v) is 16.9. The Labute approximate surface area is 479 Å². The van der Waals surface area contributed by atoms with Crippen molar-refractivity contribution in [3.63, 3.8) is 0 Å². The SMILES string of the molecule is COc1ccc(C(C)(C)c2cc(C(C)(C)C)cc(N(c3ccc(C(C)(C)C)cc3)c3ccc4c5cc(C(C)(C)C)ccc5n(-c5ccccc5)c4c3)c2Br)cc1N(c1ccccc1)c1ccc(C(C)(C)C)cc1-c1ccccc1. The lowest BCUT2D eigenvalue weighted by Crippen LogP contribution is -2.24. The molecule has 4 nitrogen and oxygen atoms in total. The van der Waals surface area contributed by atoms with Crippen molar-refractivity contribution >= 4 is 71.9 Å². The van der Waals surface area contributed by atoms with Crippen molar-refractivity contribution in [1.82, 2.24) is 4.57 Å². The number of para-hydroxylation sites is 2. The first-order valence-electron chi connectivity index (χ1n) is 28.0. The second kappa shape index (κ2) is 20.7. The second-order valence-corrected chi connectivity index (χ2v) is 26.9. The predicted molar refractivity (Wildman–Crippen MR) is 343 cm³/mol. The van der Waals surface area contributed by atoms with Crippen LogP contribution in [0.1, 0.15) is 130 Å². The van der Waals surface area contributed by atoms with E-state index in [0.29, 0.717) is 0 Å². The van der Waals surface area contributed by atoms with Gasteiger partial charge < -0.3 is 19.1 Å². The van der Waals surface area contributed by atoms with Crippen LogP contribution >= 0.6 is 15.9 Å². The molecule has 10 aromatic rings. The first-order valence-corrected chi connectivity index (χ1v) is 28.8. The van der Waals surface area contributed by atoms with Crippen molar-refractivity contribution < 1.29 is 4.74 Å². The first kappa shape index (κ1) is 55.0. The summed E-state index contributed by atoms with van der Waals surface area (Å²) in [5, 5.41) is 2.48. The first-order chi connectivity index (χ1) is 37.3. The Kier molecular flexibility index (Phi) is 14.4. The number of aromatic nitrogens is 1. The van der Waals surface area contributed by atoms with Gasteiger partial charge in [0.15, 0.2) is 0 Å². The predicted octanol–water partition coefficient (Wildman–Crippen LogP) is 21.7. The number of nitrogens with zero attached hydrogens (tertiary/aromatic N) is 3. The van der Waals surface area contributed by atoms with E-state index in [2.05, 4.69) is 327 Å². The van der Waals surface area contributed by atoms with Crippen LogP contribution in [0.5, 0.6) is 5.75 Å². The van der Waals surface area contributed by atoms with Crippen molar-refractivity contribution in [2.24, 2.45) is 0 Å². The van der Waals surface area contributed by atoms with Crippen LogP contribution in [0, 0.1) is 0 Å². The summed E-state index contributed by atoms with van der Waals surface area (Å²) in [6, 6.07) is 74.2. The standard InChI is InChI=1S/C74H78BrN3O/c1-70(2,3)50-31-36-57(37-32-50)76(58-38-39-59-61-44-52(72(7,8)9)34-41-64(61)77(65(59)48-58)55-27-21-17-22-28-55)67-47-54(73(10,11)12)45-62(69(67)75)74(13,14)53-35-42-68(79-15)66(46-53)78(56-29-23-18-24-30-56)63-40-33-51(71(4,5)6)43-60(63)49-25-19-16-20-26-49/h16-48H,1-15H3. The van der Waals surface area contributed by atoms with Crippen LogP contribution in [0.3, 0.4) is 0 Å². The van der Waals surface area contributed by atoms with Gasteiger partial charge in [0.05, 0.1) is 35.2 Å². The highest BCUT2D eigenvalue weighted by Crippen LogP contribution is 2.52. The van der Waals surface area contributed by atoms with Crippen molar-refractivity contribution in [2.75, 3.05) is 16.9 Å². The van der Waals surface area contributed by atoms with Crippen molar-refractivity contribution in [3.8, 4) is 22.6 Å². The smallest absolute Gasteiger partial charge is 0.142 e. The lowest BCUT2D eigenvalue weighted by Gasteiger charge is -2.36. The maximum atomic E-state index is 6.38. The molecular weight excluding hydrogens is 1030 g/mol. The van der Waals surface area contributed by atoms with Gasteiger partial charge in [0.2, 0.25) is 0 Å². The van der Waals surface area contributed by atoms with E-state index >= 15 is 0 Å². The van der Waals surface area contributed by atoms with E-state index in [1.807, 2.05) is 0 Å². The minimum absolute atomic E-state index is 0.0000799. The summed E-state index contributed by atoms with van der Waals surface area (Å²) in [6.45, 7) is 32.3. The van der Waals surface area contributed by atoms with E-state index in [1.54, 1.807) is 7.11 Å². The highest BCUT2D eigenvalue weighted by molar-refractivity contribution is 9.10. The van der Waals surface area contributed by atoms with E-state index < -0.39 is 5.41 Å². The Bertz CT molecular complexity index is 3830. The number of hydrogen-bond acceptors (Lipinski definition) is 3. The fourth-order valence-corrected chi connectivity index (χ4v) is 12.0. The lowest BCUT2D eigenvalue weighted by molar-refractivity contribution is 0.415. The van der Waals surface area contributed by atoms with Gasteiger partial charge in [-0.2, -0.15) is 0 Å². The maximum Gasteiger partial charge on any atom is 0.142 e. The zero-order chi connectivity index (χ0) is 56.4. The molecular formula is C74H78BrN3O. The van der Waals surface area contributed by atoms with Gasteiger partial charge in [0, 0.05) is 49.0 Å². The van der Waals surface area contributed by atoms with Gasteiger partial charge in [-0.3, -0.25) is 0 Å². The summed E-state index contributed by atoms with van der Waals surface area (Å²) < 4.78 is 9.85. The number of rotatable bonds is 11. The van der Waals surface area contributed by atoms with E-state index in [4.69, 9.17) is 4.74 Å². The van der Waals surface area contributed by atoms with E-state index in [-0.39, 0.29) is 21.7 Å². The molecule has 0 saturated carbocycles. The molecule has 79 heavy (non-hydrogen) atoms. The Balaban J connectivity index is 1.21. The Morgan fingerprint density at radius 1 is 0.380 bits per heavy atom. The van der Waals surface area contributed by atoms with Gasteiger partial charge in [-0.05, 0) is 168 Å². The molecule has 0 aliphatic rings. The topological polar surface area (TPSA) is 20.6 Å². The summed E-state index contributed by atoms with van der Waals surface area (Å²) in [7, 11) is 1.78. The number of ether oxygens (including phenoxy) is 1. The summed E-state index contributed by atoms with van der Waals surface area (Å²) in [5.41, 5.74) is 18.7. The van der Waals surface area contributed by atoms with Gasteiger partial charge in [0.1, 0.15) is 5.75 Å². The number of methoxy groups -OCH3 is 1. The second-order valence-electron chi connectivity index (χ2n) is 26.1. The number of halogens is 1. The van der Waals surface area contributed by atoms with Gasteiger partial charge in [-0.15, -0.1) is 0 Å². The van der Waals surface area contributed by atoms with Gasteiger partial charge in [-0.25, -0.2) is 0 Å².